The maximum Gasteiger partial charge on any atom is 0.416 e. The van der Waals surface area contributed by atoms with Gasteiger partial charge in [0.1, 0.15) is 5.71 Å². The highest BCUT2D eigenvalue weighted by atomic mass is 19.4. The second-order valence-corrected chi connectivity index (χ2v) is 7.66. The molecule has 7 nitrogen and oxygen atoms in total. The molecule has 1 aliphatic heterocycles. The molecule has 178 valence electrons. The Balaban J connectivity index is 1.47. The molecule has 0 atom stereocenters. The smallest absolute Gasteiger partial charge is 0.322 e. The van der Waals surface area contributed by atoms with Gasteiger partial charge in [0.25, 0.3) is 11.8 Å². The van der Waals surface area contributed by atoms with Crippen LogP contribution in [0.1, 0.15) is 28.8 Å². The summed E-state index contributed by atoms with van der Waals surface area (Å²) < 4.78 is 38.7. The Labute approximate surface area is 198 Å². The van der Waals surface area contributed by atoms with E-state index in [2.05, 4.69) is 15.7 Å². The van der Waals surface area contributed by atoms with Crippen LogP contribution < -0.4 is 15.6 Å². The predicted octanol–water partition coefficient (Wildman–Crippen LogP) is 5.08. The summed E-state index contributed by atoms with van der Waals surface area (Å²) in [5, 5.41) is 10.4. The number of hydrogen-bond acceptors (Lipinski definition) is 4. The molecule has 0 saturated carbocycles. The standard InChI is InChI=1S/C25H19F3N4O3/c26-25(27,28)17-7-5-9-19(15-17)29-23(34)16-6-4-8-18(14-16)30-24(35)21-12-13-22(33)32(31-21)20-10-2-1-3-11-20/h1-11,14-15H,12-13H2,(H,29,34)(H,30,35). The Morgan fingerprint density at radius 2 is 1.46 bits per heavy atom. The summed E-state index contributed by atoms with van der Waals surface area (Å²) in [7, 11) is 0. The van der Waals surface area contributed by atoms with Crippen molar-refractivity contribution in [3.8, 4) is 0 Å². The topological polar surface area (TPSA) is 90.9 Å². The van der Waals surface area contributed by atoms with Crippen LogP contribution in [0.15, 0.2) is 84.0 Å². The van der Waals surface area contributed by atoms with Crippen molar-refractivity contribution in [2.75, 3.05) is 15.6 Å². The molecule has 2 N–H and O–H groups in total. The van der Waals surface area contributed by atoms with Crippen molar-refractivity contribution >= 4 is 40.5 Å². The summed E-state index contributed by atoms with van der Waals surface area (Å²) in [6, 6.07) is 18.9. The molecule has 0 fully saturated rings. The fourth-order valence-electron chi connectivity index (χ4n) is 3.41. The summed E-state index contributed by atoms with van der Waals surface area (Å²) in [5.74, 6) is -1.41. The summed E-state index contributed by atoms with van der Waals surface area (Å²) >= 11 is 0. The summed E-state index contributed by atoms with van der Waals surface area (Å²) in [4.78, 5) is 37.6. The monoisotopic (exact) mass is 480 g/mol. The minimum absolute atomic E-state index is 0.0125. The first-order chi connectivity index (χ1) is 16.7. The molecule has 1 aliphatic rings. The molecule has 3 aromatic carbocycles. The van der Waals surface area contributed by atoms with Crippen molar-refractivity contribution in [3.63, 3.8) is 0 Å². The van der Waals surface area contributed by atoms with Crippen LogP contribution in [0, 0.1) is 0 Å². The third-order valence-electron chi connectivity index (χ3n) is 5.13. The summed E-state index contributed by atoms with van der Waals surface area (Å²) in [5.41, 5.74) is 0.210. The van der Waals surface area contributed by atoms with Crippen LogP contribution >= 0.6 is 0 Å². The molecule has 0 saturated heterocycles. The van der Waals surface area contributed by atoms with E-state index in [1.165, 1.54) is 35.3 Å². The van der Waals surface area contributed by atoms with Crippen molar-refractivity contribution < 1.29 is 27.6 Å². The van der Waals surface area contributed by atoms with Gasteiger partial charge in [-0.25, -0.2) is 5.01 Å². The molecule has 3 aromatic rings. The Morgan fingerprint density at radius 3 is 2.17 bits per heavy atom. The van der Waals surface area contributed by atoms with Gasteiger partial charge in [0, 0.05) is 29.8 Å². The van der Waals surface area contributed by atoms with E-state index in [0.717, 1.165) is 12.1 Å². The van der Waals surface area contributed by atoms with Crippen LogP contribution in [-0.4, -0.2) is 23.4 Å². The van der Waals surface area contributed by atoms with Crippen LogP contribution in [0.5, 0.6) is 0 Å². The van der Waals surface area contributed by atoms with Crippen molar-refractivity contribution in [1.29, 1.82) is 0 Å². The summed E-state index contributed by atoms with van der Waals surface area (Å²) in [6.07, 6.45) is -4.27. The SMILES string of the molecule is O=C(Nc1cccc(C(=O)Nc2cccc(C(F)(F)F)c2)c1)C1=NN(c2ccccc2)C(=O)CC1. The van der Waals surface area contributed by atoms with Crippen molar-refractivity contribution in [2.24, 2.45) is 5.10 Å². The number of halogens is 3. The molecule has 10 heteroatoms. The van der Waals surface area contributed by atoms with Gasteiger partial charge in [-0.3, -0.25) is 14.4 Å². The van der Waals surface area contributed by atoms with Gasteiger partial charge >= 0.3 is 6.18 Å². The molecule has 3 amide bonds. The minimum atomic E-state index is -4.53. The first-order valence-electron chi connectivity index (χ1n) is 10.6. The quantitative estimate of drug-likeness (QED) is 0.534. The van der Waals surface area contributed by atoms with Gasteiger partial charge in [0.2, 0.25) is 5.91 Å². The van der Waals surface area contributed by atoms with Gasteiger partial charge in [0.15, 0.2) is 0 Å². The normalized spacial score (nSPS) is 13.7. The van der Waals surface area contributed by atoms with Gasteiger partial charge in [0.05, 0.1) is 11.3 Å². The molecule has 0 unspecified atom stereocenters. The number of anilines is 3. The van der Waals surface area contributed by atoms with E-state index >= 15 is 0 Å². The van der Waals surface area contributed by atoms with Gasteiger partial charge in [-0.05, 0) is 48.5 Å². The highest BCUT2D eigenvalue weighted by molar-refractivity contribution is 6.44. The average molecular weight is 480 g/mol. The van der Waals surface area contributed by atoms with Gasteiger partial charge in [-0.1, -0.05) is 30.3 Å². The van der Waals surface area contributed by atoms with E-state index in [1.54, 1.807) is 36.4 Å². The maximum atomic E-state index is 12.9. The van der Waals surface area contributed by atoms with E-state index in [1.807, 2.05) is 0 Å². The fourth-order valence-corrected chi connectivity index (χ4v) is 3.41. The maximum absolute atomic E-state index is 12.9. The first kappa shape index (κ1) is 23.7. The van der Waals surface area contributed by atoms with E-state index in [9.17, 15) is 27.6 Å². The second-order valence-electron chi connectivity index (χ2n) is 7.66. The molecule has 0 aromatic heterocycles. The lowest BCUT2D eigenvalue weighted by Crippen LogP contribution is -2.36. The molecule has 1 heterocycles. The van der Waals surface area contributed by atoms with Crippen molar-refractivity contribution in [2.45, 2.75) is 19.0 Å². The zero-order valence-electron chi connectivity index (χ0n) is 18.2. The van der Waals surface area contributed by atoms with Crippen molar-refractivity contribution in [1.82, 2.24) is 0 Å². The highest BCUT2D eigenvalue weighted by Gasteiger charge is 2.30. The lowest BCUT2D eigenvalue weighted by molar-refractivity contribution is -0.137. The van der Waals surface area contributed by atoms with Gasteiger partial charge in [-0.15, -0.1) is 0 Å². The Bertz CT molecular complexity index is 1310. The number of alkyl halides is 3. The average Bonchev–Trinajstić information content (AvgIpc) is 2.84. The second kappa shape index (κ2) is 9.80. The predicted molar refractivity (Wildman–Crippen MR) is 125 cm³/mol. The number of amides is 3. The third-order valence-corrected chi connectivity index (χ3v) is 5.13. The Kier molecular flexibility index (Phi) is 6.63. The molecular weight excluding hydrogens is 461 g/mol. The van der Waals surface area contributed by atoms with Gasteiger partial charge < -0.3 is 10.6 Å². The largest absolute Gasteiger partial charge is 0.416 e. The van der Waals surface area contributed by atoms with E-state index in [4.69, 9.17) is 0 Å². The number of nitrogens with one attached hydrogen (secondary N) is 2. The number of hydrogen-bond donors (Lipinski definition) is 2. The molecular formula is C25H19F3N4O3. The molecule has 4 rings (SSSR count). The number of carbonyl (C=O) groups is 3. The molecule has 35 heavy (non-hydrogen) atoms. The minimum Gasteiger partial charge on any atom is -0.322 e. The molecule has 0 spiro atoms. The van der Waals surface area contributed by atoms with E-state index < -0.39 is 23.6 Å². The number of nitrogens with zero attached hydrogens (tertiary/aromatic N) is 2. The number of benzene rings is 3. The Hall–Kier alpha value is -4.47. The number of rotatable bonds is 5. The van der Waals surface area contributed by atoms with Gasteiger partial charge in [-0.2, -0.15) is 18.3 Å². The van der Waals surface area contributed by atoms with Crippen LogP contribution in [0.3, 0.4) is 0 Å². The lowest BCUT2D eigenvalue weighted by Gasteiger charge is -2.23. The summed E-state index contributed by atoms with van der Waals surface area (Å²) in [6.45, 7) is 0. The van der Waals surface area contributed by atoms with Crippen molar-refractivity contribution in [3.05, 3.63) is 90.0 Å². The highest BCUT2D eigenvalue weighted by Crippen LogP contribution is 2.30. The Morgan fingerprint density at radius 1 is 0.800 bits per heavy atom. The van der Waals surface area contributed by atoms with Crippen LogP contribution in [0.4, 0.5) is 30.2 Å². The first-order valence-corrected chi connectivity index (χ1v) is 10.6. The fraction of sp³-hybridized carbons (Fsp3) is 0.120. The molecule has 0 bridgehead atoms. The third kappa shape index (κ3) is 5.72. The lowest BCUT2D eigenvalue weighted by atomic mass is 10.1. The zero-order valence-corrected chi connectivity index (χ0v) is 18.2. The molecule has 0 radical (unpaired) electrons. The van der Waals surface area contributed by atoms with E-state index in [-0.39, 0.29) is 41.4 Å². The number of hydrazone groups is 1. The number of para-hydroxylation sites is 1. The van der Waals surface area contributed by atoms with Crippen LogP contribution in [-0.2, 0) is 15.8 Å². The number of carbonyl (C=O) groups excluding carboxylic acids is 3. The van der Waals surface area contributed by atoms with E-state index in [0.29, 0.717) is 5.69 Å². The zero-order chi connectivity index (χ0) is 25.0. The molecule has 0 aliphatic carbocycles. The van der Waals surface area contributed by atoms with Crippen LogP contribution in [0.25, 0.3) is 0 Å². The van der Waals surface area contributed by atoms with Crippen LogP contribution in [0.2, 0.25) is 0 Å².